The quantitative estimate of drug-likeness (QED) is 0.541. The Bertz CT molecular complexity index is 698. The standard InChI is InChI=1S/C21H29FN2O4/c1-15-2-3-19(18(22)10-15)28-13-16-4-6-24(7-5-16)20(26)17-11-21(23,12-17)14-27-9-8-25/h2-3,8,10,16-17H,4-7,9,11-14,23H2,1H3/t17-,21+. The maximum Gasteiger partial charge on any atom is 0.225 e. The van der Waals surface area contributed by atoms with E-state index in [-0.39, 0.29) is 30.0 Å². The molecule has 0 radical (unpaired) electrons. The number of ether oxygens (including phenoxy) is 2. The molecule has 0 aromatic heterocycles. The molecule has 1 saturated carbocycles. The summed E-state index contributed by atoms with van der Waals surface area (Å²) in [6.07, 6.45) is 3.59. The van der Waals surface area contributed by atoms with Gasteiger partial charge in [-0.1, -0.05) is 6.07 Å². The average Bonchev–Trinajstić information content (AvgIpc) is 2.65. The van der Waals surface area contributed by atoms with Crippen LogP contribution in [-0.2, 0) is 14.3 Å². The molecule has 28 heavy (non-hydrogen) atoms. The van der Waals surface area contributed by atoms with Gasteiger partial charge in [-0.25, -0.2) is 4.39 Å². The van der Waals surface area contributed by atoms with E-state index < -0.39 is 5.54 Å². The van der Waals surface area contributed by atoms with Gasteiger partial charge >= 0.3 is 0 Å². The second-order valence-corrected chi connectivity index (χ2v) is 8.16. The second kappa shape index (κ2) is 9.01. The number of piperidine rings is 1. The maximum atomic E-state index is 13.9. The molecule has 7 heteroatoms. The Kier molecular flexibility index (Phi) is 6.67. The summed E-state index contributed by atoms with van der Waals surface area (Å²) >= 11 is 0. The van der Waals surface area contributed by atoms with Gasteiger partial charge in [0, 0.05) is 24.5 Å². The number of hydrogen-bond donors (Lipinski definition) is 1. The summed E-state index contributed by atoms with van der Waals surface area (Å²) in [4.78, 5) is 24.9. The van der Waals surface area contributed by atoms with E-state index in [1.165, 1.54) is 6.07 Å². The van der Waals surface area contributed by atoms with Crippen molar-refractivity contribution in [3.05, 3.63) is 29.6 Å². The molecule has 154 valence electrons. The van der Waals surface area contributed by atoms with Crippen molar-refractivity contribution in [2.24, 2.45) is 17.6 Å². The first-order valence-corrected chi connectivity index (χ1v) is 9.88. The van der Waals surface area contributed by atoms with E-state index in [0.29, 0.717) is 51.3 Å². The summed E-state index contributed by atoms with van der Waals surface area (Å²) in [6.45, 7) is 4.04. The highest BCUT2D eigenvalue weighted by atomic mass is 19.1. The Morgan fingerprint density at radius 1 is 1.36 bits per heavy atom. The predicted molar refractivity (Wildman–Crippen MR) is 102 cm³/mol. The van der Waals surface area contributed by atoms with E-state index in [1.807, 2.05) is 17.9 Å². The molecule has 1 aliphatic carbocycles. The van der Waals surface area contributed by atoms with E-state index in [4.69, 9.17) is 15.2 Å². The molecule has 3 rings (SSSR count). The zero-order valence-electron chi connectivity index (χ0n) is 16.4. The van der Waals surface area contributed by atoms with Gasteiger partial charge in [0.05, 0.1) is 13.2 Å². The van der Waals surface area contributed by atoms with Crippen molar-refractivity contribution >= 4 is 12.2 Å². The van der Waals surface area contributed by atoms with E-state index in [9.17, 15) is 14.0 Å². The summed E-state index contributed by atoms with van der Waals surface area (Å²) in [6, 6.07) is 4.97. The Hall–Kier alpha value is -1.99. The molecule has 1 aromatic carbocycles. The molecule has 1 heterocycles. The molecule has 2 fully saturated rings. The van der Waals surface area contributed by atoms with Crippen molar-refractivity contribution in [3.8, 4) is 5.75 Å². The van der Waals surface area contributed by atoms with Gasteiger partial charge in [0.1, 0.15) is 12.9 Å². The number of aldehydes is 1. The SMILES string of the molecule is Cc1ccc(OCC2CCN(C(=O)[C@H]3C[C@](N)(COCC=O)C3)CC2)c(F)c1. The van der Waals surface area contributed by atoms with Crippen molar-refractivity contribution in [1.82, 2.24) is 4.90 Å². The Labute approximate surface area is 165 Å². The van der Waals surface area contributed by atoms with Crippen molar-refractivity contribution < 1.29 is 23.5 Å². The molecule has 0 atom stereocenters. The number of carbonyl (C=O) groups is 2. The Morgan fingerprint density at radius 3 is 2.71 bits per heavy atom. The largest absolute Gasteiger partial charge is 0.490 e. The van der Waals surface area contributed by atoms with E-state index in [2.05, 4.69) is 0 Å². The minimum Gasteiger partial charge on any atom is -0.490 e. The Morgan fingerprint density at radius 2 is 2.07 bits per heavy atom. The number of benzene rings is 1. The summed E-state index contributed by atoms with van der Waals surface area (Å²) in [5.74, 6) is 0.367. The molecule has 2 N–H and O–H groups in total. The van der Waals surface area contributed by atoms with Gasteiger partial charge in [0.2, 0.25) is 5.91 Å². The third kappa shape index (κ3) is 5.08. The lowest BCUT2D eigenvalue weighted by molar-refractivity contribution is -0.143. The van der Waals surface area contributed by atoms with Gasteiger partial charge in [0.15, 0.2) is 11.6 Å². The highest BCUT2D eigenvalue weighted by Crippen LogP contribution is 2.38. The fourth-order valence-electron chi connectivity index (χ4n) is 4.03. The maximum absolute atomic E-state index is 13.9. The molecule has 6 nitrogen and oxygen atoms in total. The van der Waals surface area contributed by atoms with Crippen LogP contribution in [0, 0.1) is 24.6 Å². The van der Waals surface area contributed by atoms with Gasteiger partial charge in [-0.05, 0) is 56.2 Å². The lowest BCUT2D eigenvalue weighted by Crippen LogP contribution is -2.59. The van der Waals surface area contributed by atoms with Gasteiger partial charge in [-0.15, -0.1) is 0 Å². The number of likely N-dealkylation sites (tertiary alicyclic amines) is 1. The summed E-state index contributed by atoms with van der Waals surface area (Å²) < 4.78 is 24.7. The van der Waals surface area contributed by atoms with Crippen LogP contribution in [0.4, 0.5) is 4.39 Å². The van der Waals surface area contributed by atoms with Gasteiger partial charge in [-0.2, -0.15) is 0 Å². The number of hydrogen-bond acceptors (Lipinski definition) is 5. The molecular weight excluding hydrogens is 363 g/mol. The van der Waals surface area contributed by atoms with Crippen molar-refractivity contribution in [1.29, 1.82) is 0 Å². The topological polar surface area (TPSA) is 81.9 Å². The highest BCUT2D eigenvalue weighted by molar-refractivity contribution is 5.80. The van der Waals surface area contributed by atoms with E-state index in [0.717, 1.165) is 18.4 Å². The third-order valence-electron chi connectivity index (χ3n) is 5.72. The number of halogens is 1. The van der Waals surface area contributed by atoms with Crippen molar-refractivity contribution in [2.75, 3.05) is 32.9 Å². The predicted octanol–water partition coefficient (Wildman–Crippen LogP) is 2.07. The fourth-order valence-corrected chi connectivity index (χ4v) is 4.03. The van der Waals surface area contributed by atoms with Crippen LogP contribution in [0.2, 0.25) is 0 Å². The minimum absolute atomic E-state index is 0.0413. The first kappa shape index (κ1) is 20.7. The molecule has 0 spiro atoms. The van der Waals surface area contributed by atoms with Crippen LogP contribution in [0.25, 0.3) is 0 Å². The number of amides is 1. The van der Waals surface area contributed by atoms with Crippen LogP contribution < -0.4 is 10.5 Å². The normalized spacial score (nSPS) is 25.2. The molecule has 0 bridgehead atoms. The van der Waals surface area contributed by atoms with E-state index in [1.54, 1.807) is 6.07 Å². The lowest BCUT2D eigenvalue weighted by Gasteiger charge is -2.46. The van der Waals surface area contributed by atoms with Gasteiger partial charge in [-0.3, -0.25) is 4.79 Å². The number of carbonyl (C=O) groups excluding carboxylic acids is 2. The molecule has 1 amide bonds. The summed E-state index contributed by atoms with van der Waals surface area (Å²) in [5.41, 5.74) is 6.55. The van der Waals surface area contributed by atoms with Gasteiger partial charge in [0.25, 0.3) is 0 Å². The minimum atomic E-state index is -0.492. The van der Waals surface area contributed by atoms with E-state index >= 15 is 0 Å². The monoisotopic (exact) mass is 392 g/mol. The van der Waals surface area contributed by atoms with Crippen LogP contribution in [-0.4, -0.2) is 55.5 Å². The number of nitrogens with two attached hydrogens (primary N) is 1. The molecule has 1 aliphatic heterocycles. The molecule has 2 aliphatic rings. The van der Waals surface area contributed by atoms with Crippen LogP contribution in [0.3, 0.4) is 0 Å². The fraction of sp³-hybridized carbons (Fsp3) is 0.619. The average molecular weight is 392 g/mol. The molecule has 1 saturated heterocycles. The molecule has 0 unspecified atom stereocenters. The Balaban J connectivity index is 1.38. The summed E-state index contributed by atoms with van der Waals surface area (Å²) in [5, 5.41) is 0. The number of nitrogens with zero attached hydrogens (tertiary/aromatic N) is 1. The zero-order valence-corrected chi connectivity index (χ0v) is 16.4. The van der Waals surface area contributed by atoms with Crippen LogP contribution in [0.1, 0.15) is 31.2 Å². The first-order valence-electron chi connectivity index (χ1n) is 9.88. The first-order chi connectivity index (χ1) is 13.4. The van der Waals surface area contributed by atoms with Crippen LogP contribution in [0.15, 0.2) is 18.2 Å². The smallest absolute Gasteiger partial charge is 0.225 e. The van der Waals surface area contributed by atoms with Crippen molar-refractivity contribution in [2.45, 2.75) is 38.1 Å². The van der Waals surface area contributed by atoms with Gasteiger partial charge < -0.3 is 24.9 Å². The van der Waals surface area contributed by atoms with Crippen molar-refractivity contribution in [3.63, 3.8) is 0 Å². The third-order valence-corrected chi connectivity index (χ3v) is 5.72. The van der Waals surface area contributed by atoms with Crippen LogP contribution >= 0.6 is 0 Å². The molecule has 1 aromatic rings. The van der Waals surface area contributed by atoms with Crippen LogP contribution in [0.5, 0.6) is 5.75 Å². The highest BCUT2D eigenvalue weighted by Gasteiger charge is 2.46. The zero-order chi connectivity index (χ0) is 20.1. The molecular formula is C21H29FN2O4. The number of rotatable bonds is 8. The number of aryl methyl sites for hydroxylation is 1. The lowest BCUT2D eigenvalue weighted by atomic mass is 9.68. The summed E-state index contributed by atoms with van der Waals surface area (Å²) in [7, 11) is 0. The second-order valence-electron chi connectivity index (χ2n) is 8.16.